The smallest absolute Gasteiger partial charge is 0.335 e. The minimum absolute atomic E-state index is 0.0120. The number of carboxylic acids is 1. The molecule has 0 heterocycles. The number of aliphatic hydroxyl groups is 1. The summed E-state index contributed by atoms with van der Waals surface area (Å²) >= 11 is 0. The molecule has 0 saturated heterocycles. The van der Waals surface area contributed by atoms with E-state index in [-0.39, 0.29) is 22.8 Å². The van der Waals surface area contributed by atoms with Crippen molar-refractivity contribution in [2.24, 2.45) is 0 Å². The number of benzene rings is 1. The quantitative estimate of drug-likeness (QED) is 0.751. The molecule has 1 aromatic rings. The number of rotatable bonds is 7. The lowest BCUT2D eigenvalue weighted by Crippen LogP contribution is -2.11. The molecule has 0 bridgehead atoms. The van der Waals surface area contributed by atoms with Crippen molar-refractivity contribution in [1.82, 2.24) is 0 Å². The van der Waals surface area contributed by atoms with Crippen LogP contribution in [0.3, 0.4) is 0 Å². The minimum Gasteiger partial charge on any atom is -0.478 e. The molecule has 1 rings (SSSR count). The topological polar surface area (TPSA) is 91.7 Å². The van der Waals surface area contributed by atoms with E-state index in [0.717, 1.165) is 0 Å². The van der Waals surface area contributed by atoms with Gasteiger partial charge in [-0.3, -0.25) is 0 Å². The Morgan fingerprint density at radius 3 is 2.35 bits per heavy atom. The first-order valence-electron chi connectivity index (χ1n) is 6.47. The van der Waals surface area contributed by atoms with E-state index >= 15 is 0 Å². The molecule has 0 atom stereocenters. The summed E-state index contributed by atoms with van der Waals surface area (Å²) < 4.78 is 24.6. The summed E-state index contributed by atoms with van der Waals surface area (Å²) in [5.41, 5.74) is 1.23. The molecule has 0 unspecified atom stereocenters. The van der Waals surface area contributed by atoms with E-state index in [2.05, 4.69) is 0 Å². The lowest BCUT2D eigenvalue weighted by atomic mass is 10.1. The highest BCUT2D eigenvalue weighted by molar-refractivity contribution is 7.91. The van der Waals surface area contributed by atoms with Crippen molar-refractivity contribution in [1.29, 1.82) is 0 Å². The first-order chi connectivity index (χ1) is 9.29. The average molecular weight is 300 g/mol. The van der Waals surface area contributed by atoms with Gasteiger partial charge in [0.05, 0.1) is 16.2 Å². The summed E-state index contributed by atoms with van der Waals surface area (Å²) in [6, 6.07) is 2.70. The van der Waals surface area contributed by atoms with Crippen molar-refractivity contribution >= 4 is 15.8 Å². The second kappa shape index (κ2) is 6.85. The normalized spacial score (nSPS) is 11.6. The molecule has 0 saturated carbocycles. The number of sulfone groups is 1. The first-order valence-corrected chi connectivity index (χ1v) is 8.13. The van der Waals surface area contributed by atoms with E-state index in [1.807, 2.05) is 0 Å². The third kappa shape index (κ3) is 4.05. The first kappa shape index (κ1) is 16.7. The van der Waals surface area contributed by atoms with Crippen LogP contribution in [0.25, 0.3) is 0 Å². The van der Waals surface area contributed by atoms with Crippen LogP contribution in [0.15, 0.2) is 17.0 Å². The number of aromatic carboxylic acids is 1. The number of hydrogen-bond acceptors (Lipinski definition) is 4. The molecule has 0 aliphatic heterocycles. The maximum absolute atomic E-state index is 12.3. The highest BCUT2D eigenvalue weighted by atomic mass is 32.2. The van der Waals surface area contributed by atoms with Crippen LogP contribution in [0.5, 0.6) is 0 Å². The molecule has 0 fully saturated rings. The Labute approximate surface area is 119 Å². The molecule has 112 valence electrons. The summed E-state index contributed by atoms with van der Waals surface area (Å²) in [4.78, 5) is 11.1. The Morgan fingerprint density at radius 2 is 1.80 bits per heavy atom. The van der Waals surface area contributed by atoms with Crippen molar-refractivity contribution in [3.63, 3.8) is 0 Å². The third-order valence-corrected chi connectivity index (χ3v) is 5.19. The largest absolute Gasteiger partial charge is 0.478 e. The Bertz CT molecular complexity index is 590. The highest BCUT2D eigenvalue weighted by Gasteiger charge is 2.20. The van der Waals surface area contributed by atoms with Crippen LogP contribution >= 0.6 is 0 Å². The molecule has 2 N–H and O–H groups in total. The molecule has 0 aliphatic carbocycles. The molecule has 6 heteroatoms. The fraction of sp³-hybridized carbons (Fsp3) is 0.500. The molecule has 0 amide bonds. The number of unbranched alkanes of at least 4 members (excludes halogenated alkanes) is 2. The summed E-state index contributed by atoms with van der Waals surface area (Å²) in [5, 5.41) is 17.7. The van der Waals surface area contributed by atoms with E-state index in [1.165, 1.54) is 12.1 Å². The van der Waals surface area contributed by atoms with Crippen LogP contribution in [0.1, 0.15) is 40.7 Å². The molecule has 0 radical (unpaired) electrons. The molecule has 5 nitrogen and oxygen atoms in total. The summed E-state index contributed by atoms with van der Waals surface area (Å²) in [6.45, 7) is 3.43. The number of aliphatic hydroxyl groups excluding tert-OH is 1. The monoisotopic (exact) mass is 300 g/mol. The predicted octanol–water partition coefficient (Wildman–Crippen LogP) is 1.94. The maximum Gasteiger partial charge on any atom is 0.335 e. The fourth-order valence-corrected chi connectivity index (χ4v) is 3.70. The van der Waals surface area contributed by atoms with Crippen LogP contribution in [-0.2, 0) is 9.84 Å². The van der Waals surface area contributed by atoms with Crippen molar-refractivity contribution in [3.8, 4) is 0 Å². The number of aryl methyl sites for hydroxylation is 1. The number of carbonyl (C=O) groups is 1. The Morgan fingerprint density at radius 1 is 1.15 bits per heavy atom. The zero-order chi connectivity index (χ0) is 15.3. The Hall–Kier alpha value is -1.40. The van der Waals surface area contributed by atoms with Crippen LogP contribution in [0.2, 0.25) is 0 Å². The van der Waals surface area contributed by atoms with E-state index in [9.17, 15) is 13.2 Å². The Balaban J connectivity index is 3.07. The van der Waals surface area contributed by atoms with Crippen LogP contribution in [0, 0.1) is 13.8 Å². The van der Waals surface area contributed by atoms with Crippen molar-refractivity contribution in [2.75, 3.05) is 12.4 Å². The van der Waals surface area contributed by atoms with Crippen molar-refractivity contribution < 1.29 is 23.4 Å². The van der Waals surface area contributed by atoms with Crippen LogP contribution in [-0.4, -0.2) is 37.0 Å². The second-order valence-corrected chi connectivity index (χ2v) is 6.90. The molecular weight excluding hydrogens is 280 g/mol. The molecule has 0 aliphatic rings. The van der Waals surface area contributed by atoms with E-state index < -0.39 is 15.8 Å². The molecule has 1 aromatic carbocycles. The average Bonchev–Trinajstić information content (AvgIpc) is 2.37. The van der Waals surface area contributed by atoms with Crippen LogP contribution in [0.4, 0.5) is 0 Å². The van der Waals surface area contributed by atoms with Gasteiger partial charge >= 0.3 is 5.97 Å². The van der Waals surface area contributed by atoms with Crippen molar-refractivity contribution in [3.05, 3.63) is 28.8 Å². The summed E-state index contributed by atoms with van der Waals surface area (Å²) in [5.74, 6) is -1.17. The minimum atomic E-state index is -3.49. The van der Waals surface area contributed by atoms with Gasteiger partial charge in [-0.05, 0) is 49.9 Å². The van der Waals surface area contributed by atoms with Crippen LogP contribution < -0.4 is 0 Å². The zero-order valence-electron chi connectivity index (χ0n) is 11.7. The lowest BCUT2D eigenvalue weighted by molar-refractivity contribution is 0.0696. The van der Waals surface area contributed by atoms with Gasteiger partial charge < -0.3 is 10.2 Å². The number of hydrogen-bond donors (Lipinski definition) is 2. The predicted molar refractivity (Wildman–Crippen MR) is 75.9 cm³/mol. The third-order valence-electron chi connectivity index (χ3n) is 3.27. The van der Waals surface area contributed by atoms with Gasteiger partial charge in [-0.15, -0.1) is 0 Å². The van der Waals surface area contributed by atoms with Gasteiger partial charge in [0.1, 0.15) is 0 Å². The van der Waals surface area contributed by atoms with Gasteiger partial charge in [0, 0.05) is 6.61 Å². The van der Waals surface area contributed by atoms with Gasteiger partial charge in [0.25, 0.3) is 0 Å². The summed E-state index contributed by atoms with van der Waals surface area (Å²) in [6.07, 6.45) is 1.66. The number of carboxylic acid groups (broad SMARTS) is 1. The second-order valence-electron chi connectivity index (χ2n) is 4.82. The van der Waals surface area contributed by atoms with Gasteiger partial charge in [0.15, 0.2) is 9.84 Å². The van der Waals surface area contributed by atoms with E-state index in [4.69, 9.17) is 10.2 Å². The highest BCUT2D eigenvalue weighted by Crippen LogP contribution is 2.23. The molecular formula is C14H20O5S. The van der Waals surface area contributed by atoms with E-state index in [0.29, 0.717) is 30.4 Å². The zero-order valence-corrected chi connectivity index (χ0v) is 12.5. The summed E-state index contributed by atoms with van der Waals surface area (Å²) in [7, 11) is -3.49. The lowest BCUT2D eigenvalue weighted by Gasteiger charge is -2.11. The SMILES string of the molecule is Cc1cc(C(=O)O)cc(S(=O)(=O)CCCCCO)c1C. The van der Waals surface area contributed by atoms with Gasteiger partial charge in [-0.1, -0.05) is 6.42 Å². The van der Waals surface area contributed by atoms with Crippen molar-refractivity contribution in [2.45, 2.75) is 38.0 Å². The fourth-order valence-electron chi connectivity index (χ4n) is 1.96. The molecule has 0 aromatic heterocycles. The standard InChI is InChI=1S/C14H20O5S/c1-10-8-12(14(16)17)9-13(11(10)2)20(18,19)7-5-3-4-6-15/h8-9,15H,3-7H2,1-2H3,(H,16,17). The van der Waals surface area contributed by atoms with Gasteiger partial charge in [-0.25, -0.2) is 13.2 Å². The maximum atomic E-state index is 12.3. The van der Waals surface area contributed by atoms with E-state index in [1.54, 1.807) is 13.8 Å². The molecule has 20 heavy (non-hydrogen) atoms. The van der Waals surface area contributed by atoms with Gasteiger partial charge in [0.2, 0.25) is 0 Å². The van der Waals surface area contributed by atoms with Gasteiger partial charge in [-0.2, -0.15) is 0 Å². The molecule has 0 spiro atoms. The Kier molecular flexibility index (Phi) is 5.71.